The van der Waals surface area contributed by atoms with Gasteiger partial charge in [-0.25, -0.2) is 0 Å². The van der Waals surface area contributed by atoms with Crippen LogP contribution in [-0.2, 0) is 39.4 Å². The van der Waals surface area contributed by atoms with Crippen molar-refractivity contribution < 1.29 is 19.4 Å². The van der Waals surface area contributed by atoms with Crippen LogP contribution in [0.4, 0.5) is 0 Å². The summed E-state index contributed by atoms with van der Waals surface area (Å²) in [6.45, 7) is 10.6. The third-order valence-corrected chi connectivity index (χ3v) is 3.00. The number of rotatable bonds is 5. The normalized spacial score (nSPS) is 9.68. The van der Waals surface area contributed by atoms with Gasteiger partial charge >= 0.3 is 106 Å². The SMILES string of the molecule is CC.[CH2-]CN(C[CH]=[W])Cc1nc2ccccc2[nH]1.[SH-]. The molecule has 1 N–H and O–H groups in total. The number of imidazole rings is 1. The predicted octanol–water partition coefficient (Wildman–Crippen LogP) is 2.30. The predicted molar refractivity (Wildman–Crippen MR) is 82.9 cm³/mol. The molecule has 2 aromatic rings. The summed E-state index contributed by atoms with van der Waals surface area (Å²) in [5, 5.41) is 0. The van der Waals surface area contributed by atoms with Crippen molar-refractivity contribution in [3.05, 3.63) is 37.0 Å². The summed E-state index contributed by atoms with van der Waals surface area (Å²) in [5.74, 6) is 1.02. The van der Waals surface area contributed by atoms with E-state index in [4.69, 9.17) is 0 Å². The molecule has 0 bridgehead atoms. The van der Waals surface area contributed by atoms with E-state index < -0.39 is 0 Å². The summed E-state index contributed by atoms with van der Waals surface area (Å²) in [6.07, 6.45) is 0. The first kappa shape index (κ1) is 18.6. The van der Waals surface area contributed by atoms with Crippen molar-refractivity contribution in [2.24, 2.45) is 0 Å². The number of aromatic amines is 1. The van der Waals surface area contributed by atoms with Crippen molar-refractivity contribution in [2.45, 2.75) is 20.4 Å². The van der Waals surface area contributed by atoms with Crippen LogP contribution in [0.5, 0.6) is 0 Å². The molecule has 106 valence electrons. The van der Waals surface area contributed by atoms with E-state index in [0.717, 1.165) is 36.5 Å². The van der Waals surface area contributed by atoms with Crippen LogP contribution in [0.1, 0.15) is 19.7 Å². The van der Waals surface area contributed by atoms with Gasteiger partial charge in [0.1, 0.15) is 0 Å². The zero-order chi connectivity index (χ0) is 13.4. The van der Waals surface area contributed by atoms with Gasteiger partial charge < -0.3 is 13.5 Å². The molecule has 0 aliphatic heterocycles. The topological polar surface area (TPSA) is 31.9 Å². The van der Waals surface area contributed by atoms with Crippen LogP contribution in [0, 0.1) is 6.92 Å². The second-order valence-corrected chi connectivity index (χ2v) is 4.80. The van der Waals surface area contributed by atoms with Gasteiger partial charge in [-0.2, -0.15) is 0 Å². The van der Waals surface area contributed by atoms with Crippen LogP contribution in [0.3, 0.4) is 0 Å². The molecule has 0 amide bonds. The minimum absolute atomic E-state index is 0. The van der Waals surface area contributed by atoms with Gasteiger partial charge in [0.2, 0.25) is 0 Å². The molecule has 3 nitrogen and oxygen atoms in total. The quantitative estimate of drug-likeness (QED) is 0.434. The number of nitrogens with zero attached hydrogens (tertiary/aromatic N) is 2. The van der Waals surface area contributed by atoms with E-state index in [0.29, 0.717) is 0 Å². The maximum absolute atomic E-state index is 4.55. The first-order chi connectivity index (χ1) is 8.83. The Kier molecular flexibility index (Phi) is 10.1. The molecule has 0 aliphatic carbocycles. The first-order valence-electron chi connectivity index (χ1n) is 6.22. The van der Waals surface area contributed by atoms with Crippen molar-refractivity contribution in [3.8, 4) is 0 Å². The van der Waals surface area contributed by atoms with Crippen LogP contribution in [-0.4, -0.2) is 32.4 Å². The van der Waals surface area contributed by atoms with Gasteiger partial charge in [0.15, 0.2) is 0 Å². The molecule has 19 heavy (non-hydrogen) atoms. The number of thiol groups is 1. The van der Waals surface area contributed by atoms with E-state index in [2.05, 4.69) is 32.3 Å². The van der Waals surface area contributed by atoms with Gasteiger partial charge in [-0.1, -0.05) is 13.8 Å². The maximum Gasteiger partial charge on any atom is -0.813 e. The zero-order valence-electron chi connectivity index (χ0n) is 11.5. The maximum atomic E-state index is 4.55. The smallest absolute Gasteiger partial charge is 0.813 e. The van der Waals surface area contributed by atoms with E-state index in [-0.39, 0.29) is 13.5 Å². The van der Waals surface area contributed by atoms with Crippen molar-refractivity contribution in [3.63, 3.8) is 0 Å². The van der Waals surface area contributed by atoms with E-state index in [1.807, 2.05) is 32.0 Å². The Labute approximate surface area is 133 Å². The summed E-state index contributed by atoms with van der Waals surface area (Å²) in [5.41, 5.74) is 2.14. The van der Waals surface area contributed by atoms with E-state index in [1.165, 1.54) is 19.4 Å². The van der Waals surface area contributed by atoms with Gasteiger partial charge in [-0.3, -0.25) is 0 Å². The van der Waals surface area contributed by atoms with Gasteiger partial charge in [0, 0.05) is 0 Å². The number of aromatic nitrogens is 2. The summed E-state index contributed by atoms with van der Waals surface area (Å²) >= 11 is 1.50. The van der Waals surface area contributed by atoms with Crippen molar-refractivity contribution in [1.82, 2.24) is 14.9 Å². The molecule has 0 spiro atoms. The fourth-order valence-corrected chi connectivity index (χ4v) is 2.39. The number of hydrogen-bond acceptors (Lipinski definition) is 3. The average Bonchev–Trinajstić information content (AvgIpc) is 2.82. The van der Waals surface area contributed by atoms with Crippen molar-refractivity contribution in [2.75, 3.05) is 13.1 Å². The first-order valence-corrected chi connectivity index (χ1v) is 7.91. The molecule has 2 rings (SSSR count). The second-order valence-electron chi connectivity index (χ2n) is 3.60. The van der Waals surface area contributed by atoms with E-state index >= 15 is 0 Å². The van der Waals surface area contributed by atoms with E-state index in [1.54, 1.807) is 0 Å². The molecule has 0 saturated carbocycles. The van der Waals surface area contributed by atoms with Gasteiger partial charge in [0.25, 0.3) is 0 Å². The van der Waals surface area contributed by atoms with Gasteiger partial charge in [-0.05, 0) is 0 Å². The number of para-hydroxylation sites is 2. The van der Waals surface area contributed by atoms with Crippen LogP contribution >= 0.6 is 0 Å². The Morgan fingerprint density at radius 1 is 1.37 bits per heavy atom. The molecular weight excluding hydrogens is 426 g/mol. The van der Waals surface area contributed by atoms with Gasteiger partial charge in [-0.15, -0.1) is 0 Å². The zero-order valence-corrected chi connectivity index (χ0v) is 15.3. The van der Waals surface area contributed by atoms with Crippen LogP contribution < -0.4 is 0 Å². The van der Waals surface area contributed by atoms with Gasteiger partial charge in [0.05, 0.1) is 0 Å². The Morgan fingerprint density at radius 2 is 2.05 bits per heavy atom. The molecule has 1 heterocycles. The summed E-state index contributed by atoms with van der Waals surface area (Å²) in [7, 11) is 0. The Bertz CT molecular complexity index is 451. The third kappa shape index (κ3) is 5.60. The Balaban J connectivity index is 0.00000103. The number of nitrogens with one attached hydrogen (secondary N) is 1. The molecule has 0 aliphatic rings. The molecule has 0 radical (unpaired) electrons. The molecule has 1 aromatic heterocycles. The second kappa shape index (κ2) is 10.4. The monoisotopic (exact) mass is 447 g/mol. The number of benzene rings is 1. The van der Waals surface area contributed by atoms with Crippen LogP contribution in [0.15, 0.2) is 24.3 Å². The molecular formula is C14H21N3SW-2. The van der Waals surface area contributed by atoms with Crippen LogP contribution in [0.25, 0.3) is 11.0 Å². The number of hydrogen-bond donors (Lipinski definition) is 1. The Hall–Kier alpha value is -0.442. The molecule has 0 saturated heterocycles. The number of fused-ring (bicyclic) bond motifs is 1. The van der Waals surface area contributed by atoms with Crippen molar-refractivity contribution >= 4 is 28.9 Å². The largest absolute Gasteiger partial charge is 0.813 e. The minimum atomic E-state index is 0. The minimum Gasteiger partial charge on any atom is -0.813 e. The molecule has 0 atom stereocenters. The summed E-state index contributed by atoms with van der Waals surface area (Å²) < 4.78 is 2.22. The fraction of sp³-hybridized carbons (Fsp3) is 0.357. The molecule has 0 unspecified atom stereocenters. The standard InChI is InChI=1S/C12H14N3.C2H6.H2S.W/c1-3-15(4-2)9-12-13-10-7-5-6-8-11(10)14-12;1-2;;/h1,5-8H,2-4,9H2,(H,13,14);1-2H3;1H2;/q-1;;;/p-1. The van der Waals surface area contributed by atoms with Crippen molar-refractivity contribution in [1.29, 1.82) is 0 Å². The summed E-state index contributed by atoms with van der Waals surface area (Å²) in [4.78, 5) is 10.1. The average molecular weight is 447 g/mol. The molecule has 1 aromatic carbocycles. The molecule has 0 fully saturated rings. The third-order valence-electron chi connectivity index (χ3n) is 2.46. The Morgan fingerprint density at radius 3 is 2.63 bits per heavy atom. The molecule has 5 heteroatoms. The fourth-order valence-electron chi connectivity index (χ4n) is 1.63. The van der Waals surface area contributed by atoms with E-state index in [9.17, 15) is 0 Å². The summed E-state index contributed by atoms with van der Waals surface area (Å²) in [6, 6.07) is 8.11. The van der Waals surface area contributed by atoms with Crippen LogP contribution in [0.2, 0.25) is 0 Å². The number of H-pyrrole nitrogens is 1.